The molecule has 0 amide bonds. The highest BCUT2D eigenvalue weighted by Gasteiger charge is 2.17. The van der Waals surface area contributed by atoms with Gasteiger partial charge in [-0.2, -0.15) is 16.7 Å². The SMILES string of the molecule is CC(C)CSCc1noc([C@H](N)C(C)C)n1. The average Bonchev–Trinajstić information content (AvgIpc) is 2.64. The Balaban J connectivity index is 2.45. The zero-order valence-electron chi connectivity index (χ0n) is 10.4. The van der Waals surface area contributed by atoms with Crippen LogP contribution in [0.1, 0.15) is 45.5 Å². The Hall–Kier alpha value is -0.550. The number of thioether (sulfide) groups is 1. The summed E-state index contributed by atoms with van der Waals surface area (Å²) in [6, 6.07) is -0.156. The van der Waals surface area contributed by atoms with Crippen molar-refractivity contribution in [2.24, 2.45) is 17.6 Å². The number of rotatable bonds is 6. The number of nitrogens with two attached hydrogens (primary N) is 1. The van der Waals surface area contributed by atoms with Gasteiger partial charge < -0.3 is 10.3 Å². The molecule has 1 atom stereocenters. The molecule has 0 aliphatic heterocycles. The predicted molar refractivity (Wildman–Crippen MR) is 67.1 cm³/mol. The van der Waals surface area contributed by atoms with Crippen LogP contribution in [-0.2, 0) is 5.75 Å². The number of nitrogens with zero attached hydrogens (tertiary/aromatic N) is 2. The molecule has 1 aromatic heterocycles. The van der Waals surface area contributed by atoms with Gasteiger partial charge in [-0.15, -0.1) is 0 Å². The van der Waals surface area contributed by atoms with Crippen LogP contribution in [0.4, 0.5) is 0 Å². The summed E-state index contributed by atoms with van der Waals surface area (Å²) in [5.74, 6) is 4.21. The molecule has 1 heterocycles. The largest absolute Gasteiger partial charge is 0.338 e. The van der Waals surface area contributed by atoms with E-state index < -0.39 is 0 Å². The normalized spacial score (nSPS) is 13.7. The second kappa shape index (κ2) is 6.25. The fourth-order valence-corrected chi connectivity index (χ4v) is 2.02. The van der Waals surface area contributed by atoms with Crippen molar-refractivity contribution >= 4 is 11.8 Å². The highest BCUT2D eigenvalue weighted by Crippen LogP contribution is 2.18. The molecule has 2 N–H and O–H groups in total. The molecule has 1 rings (SSSR count). The van der Waals surface area contributed by atoms with Crippen molar-refractivity contribution in [1.29, 1.82) is 0 Å². The maximum absolute atomic E-state index is 5.92. The molecular formula is C11H21N3OS. The van der Waals surface area contributed by atoms with Crippen LogP contribution in [0.25, 0.3) is 0 Å². The summed E-state index contributed by atoms with van der Waals surface area (Å²) in [6.45, 7) is 8.48. The van der Waals surface area contributed by atoms with Gasteiger partial charge in [0, 0.05) is 0 Å². The molecule has 0 fully saturated rings. The summed E-state index contributed by atoms with van der Waals surface area (Å²) in [5.41, 5.74) is 5.92. The lowest BCUT2D eigenvalue weighted by Crippen LogP contribution is -2.17. The second-order valence-corrected chi connectivity index (χ2v) is 5.76. The van der Waals surface area contributed by atoms with E-state index in [-0.39, 0.29) is 6.04 Å². The summed E-state index contributed by atoms with van der Waals surface area (Å²) in [7, 11) is 0. The molecule has 0 bridgehead atoms. The van der Waals surface area contributed by atoms with E-state index in [1.54, 1.807) is 0 Å². The van der Waals surface area contributed by atoms with Gasteiger partial charge in [-0.1, -0.05) is 32.9 Å². The lowest BCUT2D eigenvalue weighted by Gasteiger charge is -2.09. The summed E-state index contributed by atoms with van der Waals surface area (Å²) in [6.07, 6.45) is 0. The molecule has 0 aromatic carbocycles. The van der Waals surface area contributed by atoms with E-state index in [1.807, 2.05) is 25.6 Å². The van der Waals surface area contributed by atoms with Crippen LogP contribution < -0.4 is 5.73 Å². The third-order valence-corrected chi connectivity index (χ3v) is 3.53. The standard InChI is InChI=1S/C11H21N3OS/c1-7(2)5-16-6-9-13-11(15-14-9)10(12)8(3)4/h7-8,10H,5-6,12H2,1-4H3/t10-/m1/s1. The Morgan fingerprint density at radius 3 is 2.56 bits per heavy atom. The van der Waals surface area contributed by atoms with Gasteiger partial charge in [0.1, 0.15) is 0 Å². The minimum atomic E-state index is -0.156. The lowest BCUT2D eigenvalue weighted by atomic mass is 10.1. The van der Waals surface area contributed by atoms with Gasteiger partial charge >= 0.3 is 0 Å². The zero-order chi connectivity index (χ0) is 12.1. The molecule has 1 aromatic rings. The maximum Gasteiger partial charge on any atom is 0.243 e. The minimum absolute atomic E-state index is 0.156. The van der Waals surface area contributed by atoms with Crippen LogP contribution in [0.3, 0.4) is 0 Å². The number of aromatic nitrogens is 2. The van der Waals surface area contributed by atoms with Crippen LogP contribution >= 0.6 is 11.8 Å². The Morgan fingerprint density at radius 1 is 1.31 bits per heavy atom. The predicted octanol–water partition coefficient (Wildman–Crippen LogP) is 2.61. The zero-order valence-corrected chi connectivity index (χ0v) is 11.3. The molecule has 4 nitrogen and oxygen atoms in total. The van der Waals surface area contributed by atoms with Crippen LogP contribution in [0.5, 0.6) is 0 Å². The van der Waals surface area contributed by atoms with E-state index in [9.17, 15) is 0 Å². The third-order valence-electron chi connectivity index (χ3n) is 2.17. The first kappa shape index (κ1) is 13.5. The molecule has 0 radical (unpaired) electrons. The van der Waals surface area contributed by atoms with Gasteiger partial charge in [0.25, 0.3) is 0 Å². The Bertz CT molecular complexity index is 312. The van der Waals surface area contributed by atoms with Crippen LogP contribution in [0, 0.1) is 11.8 Å². The lowest BCUT2D eigenvalue weighted by molar-refractivity contribution is 0.323. The summed E-state index contributed by atoms with van der Waals surface area (Å²) < 4.78 is 5.15. The molecule has 0 aliphatic rings. The Kier molecular flexibility index (Phi) is 5.28. The van der Waals surface area contributed by atoms with Gasteiger partial charge in [-0.05, 0) is 17.6 Å². The molecular weight excluding hydrogens is 222 g/mol. The topological polar surface area (TPSA) is 64.9 Å². The summed E-state index contributed by atoms with van der Waals surface area (Å²) in [4.78, 5) is 4.30. The first-order chi connectivity index (χ1) is 7.50. The quantitative estimate of drug-likeness (QED) is 0.832. The van der Waals surface area contributed by atoms with E-state index in [0.29, 0.717) is 17.7 Å². The molecule has 0 saturated heterocycles. The van der Waals surface area contributed by atoms with E-state index in [1.165, 1.54) is 0 Å². The van der Waals surface area contributed by atoms with E-state index >= 15 is 0 Å². The molecule has 92 valence electrons. The third kappa shape index (κ3) is 4.14. The highest BCUT2D eigenvalue weighted by molar-refractivity contribution is 7.98. The highest BCUT2D eigenvalue weighted by atomic mass is 32.2. The van der Waals surface area contributed by atoms with Crippen molar-refractivity contribution in [3.63, 3.8) is 0 Å². The summed E-state index contributed by atoms with van der Waals surface area (Å²) in [5, 5.41) is 3.93. The molecule has 0 spiro atoms. The van der Waals surface area contributed by atoms with E-state index in [4.69, 9.17) is 10.3 Å². The van der Waals surface area contributed by atoms with Gasteiger partial charge in [0.05, 0.1) is 11.8 Å². The van der Waals surface area contributed by atoms with Crippen LogP contribution in [-0.4, -0.2) is 15.9 Å². The van der Waals surface area contributed by atoms with Crippen molar-refractivity contribution in [3.05, 3.63) is 11.7 Å². The van der Waals surface area contributed by atoms with Gasteiger partial charge in [0.15, 0.2) is 5.82 Å². The second-order valence-electron chi connectivity index (χ2n) is 4.73. The smallest absolute Gasteiger partial charge is 0.243 e. The first-order valence-corrected chi connectivity index (χ1v) is 6.82. The van der Waals surface area contributed by atoms with E-state index in [2.05, 4.69) is 24.0 Å². The minimum Gasteiger partial charge on any atom is -0.338 e. The summed E-state index contributed by atoms with van der Waals surface area (Å²) >= 11 is 1.82. The van der Waals surface area contributed by atoms with Crippen molar-refractivity contribution in [3.8, 4) is 0 Å². The van der Waals surface area contributed by atoms with Gasteiger partial charge in [-0.25, -0.2) is 0 Å². The molecule has 0 aliphatic carbocycles. The first-order valence-electron chi connectivity index (χ1n) is 5.66. The molecule has 0 saturated carbocycles. The van der Waals surface area contributed by atoms with Crippen LogP contribution in [0.15, 0.2) is 4.52 Å². The monoisotopic (exact) mass is 243 g/mol. The van der Waals surface area contributed by atoms with Crippen molar-refractivity contribution in [2.45, 2.75) is 39.5 Å². The van der Waals surface area contributed by atoms with Crippen molar-refractivity contribution < 1.29 is 4.52 Å². The van der Waals surface area contributed by atoms with Crippen molar-refractivity contribution in [1.82, 2.24) is 10.1 Å². The van der Waals surface area contributed by atoms with Crippen LogP contribution in [0.2, 0.25) is 0 Å². The number of hydrogen-bond donors (Lipinski definition) is 1. The maximum atomic E-state index is 5.92. The Labute approximate surface area is 101 Å². The Morgan fingerprint density at radius 2 is 2.00 bits per heavy atom. The van der Waals surface area contributed by atoms with E-state index in [0.717, 1.165) is 17.3 Å². The fourth-order valence-electron chi connectivity index (χ4n) is 1.13. The fraction of sp³-hybridized carbons (Fsp3) is 0.818. The van der Waals surface area contributed by atoms with Gasteiger partial charge in [0.2, 0.25) is 5.89 Å². The molecule has 0 unspecified atom stereocenters. The van der Waals surface area contributed by atoms with Gasteiger partial charge in [-0.3, -0.25) is 0 Å². The average molecular weight is 243 g/mol. The molecule has 5 heteroatoms. The van der Waals surface area contributed by atoms with Crippen molar-refractivity contribution in [2.75, 3.05) is 5.75 Å². The molecule has 16 heavy (non-hydrogen) atoms. The number of hydrogen-bond acceptors (Lipinski definition) is 5.